The lowest BCUT2D eigenvalue weighted by Gasteiger charge is -2.19. The molecule has 5 nitrogen and oxygen atoms in total. The minimum absolute atomic E-state index is 0.0354. The predicted octanol–water partition coefficient (Wildman–Crippen LogP) is 1.23. The molecule has 1 aliphatic rings. The van der Waals surface area contributed by atoms with Crippen molar-refractivity contribution in [2.24, 2.45) is 5.92 Å². The van der Waals surface area contributed by atoms with Crippen molar-refractivity contribution >= 4 is 11.6 Å². The molecule has 1 saturated carbocycles. The summed E-state index contributed by atoms with van der Waals surface area (Å²) in [5, 5.41) is 8.80. The molecule has 1 atom stereocenters. The van der Waals surface area contributed by atoms with Crippen LogP contribution in [0.25, 0.3) is 0 Å². The Bertz CT molecular complexity index is 478. The Labute approximate surface area is 99.7 Å². The number of nitrogens with two attached hydrogens (primary N) is 1. The summed E-state index contributed by atoms with van der Waals surface area (Å²) in [5.74, 6) is 0.479. The fourth-order valence-corrected chi connectivity index (χ4v) is 2.14. The number of ketones is 1. The number of carbonyl (C=O) groups excluding carboxylic acids is 1. The van der Waals surface area contributed by atoms with Crippen LogP contribution in [0, 0.1) is 17.2 Å². The number of Topliss-reactive ketones (excluding diaryl/α,β-unsaturated/α-hetero) is 1. The molecule has 0 radical (unpaired) electrons. The molecule has 17 heavy (non-hydrogen) atoms. The van der Waals surface area contributed by atoms with Crippen LogP contribution in [0.15, 0.2) is 6.20 Å². The highest BCUT2D eigenvalue weighted by molar-refractivity contribution is 5.81. The van der Waals surface area contributed by atoms with E-state index in [0.29, 0.717) is 24.3 Å². The van der Waals surface area contributed by atoms with E-state index in [4.69, 9.17) is 11.0 Å². The molecular formula is C12H14N4O. The number of rotatable bonds is 2. The first-order valence-electron chi connectivity index (χ1n) is 5.75. The summed E-state index contributed by atoms with van der Waals surface area (Å²) < 4.78 is 0. The molecule has 1 fully saturated rings. The van der Waals surface area contributed by atoms with Crippen molar-refractivity contribution in [1.29, 1.82) is 5.26 Å². The number of carbonyl (C=O) groups is 1. The highest BCUT2D eigenvalue weighted by atomic mass is 16.1. The van der Waals surface area contributed by atoms with E-state index in [1.807, 2.05) is 6.07 Å². The van der Waals surface area contributed by atoms with Crippen molar-refractivity contribution < 1.29 is 4.79 Å². The third-order valence-corrected chi connectivity index (χ3v) is 3.09. The zero-order chi connectivity index (χ0) is 12.3. The Balaban J connectivity index is 2.13. The molecule has 5 heteroatoms. The molecule has 0 bridgehead atoms. The highest BCUT2D eigenvalue weighted by Gasteiger charge is 2.23. The molecular weight excluding hydrogens is 216 g/mol. The summed E-state index contributed by atoms with van der Waals surface area (Å²) >= 11 is 0. The molecule has 88 valence electrons. The maximum Gasteiger partial charge on any atom is 0.183 e. The van der Waals surface area contributed by atoms with Gasteiger partial charge in [0.05, 0.1) is 11.9 Å². The third-order valence-electron chi connectivity index (χ3n) is 3.09. The normalized spacial score (nSPS) is 19.9. The second kappa shape index (κ2) is 4.91. The third kappa shape index (κ3) is 2.59. The van der Waals surface area contributed by atoms with Gasteiger partial charge < -0.3 is 5.73 Å². The highest BCUT2D eigenvalue weighted by Crippen LogP contribution is 2.23. The SMILES string of the molecule is N#Cc1nc(CC2CCCCC2=O)cnc1N. The molecule has 1 aliphatic carbocycles. The van der Waals surface area contributed by atoms with Crippen LogP contribution in [0.1, 0.15) is 37.1 Å². The monoisotopic (exact) mass is 230 g/mol. The molecule has 1 aromatic heterocycles. The summed E-state index contributed by atoms with van der Waals surface area (Å²) in [7, 11) is 0. The van der Waals surface area contributed by atoms with Gasteiger partial charge in [-0.15, -0.1) is 0 Å². The summed E-state index contributed by atoms with van der Waals surface area (Å²) in [6.07, 6.45) is 5.78. The van der Waals surface area contributed by atoms with Gasteiger partial charge in [-0.3, -0.25) is 4.79 Å². The lowest BCUT2D eigenvalue weighted by Crippen LogP contribution is -2.21. The molecule has 1 unspecified atom stereocenters. The number of aromatic nitrogens is 2. The van der Waals surface area contributed by atoms with Crippen LogP contribution in [0.2, 0.25) is 0 Å². The zero-order valence-corrected chi connectivity index (χ0v) is 9.52. The van der Waals surface area contributed by atoms with Crippen LogP contribution in [-0.4, -0.2) is 15.8 Å². The number of nitrogens with zero attached hydrogens (tertiary/aromatic N) is 3. The summed E-state index contributed by atoms with van der Waals surface area (Å²) in [4.78, 5) is 19.7. The quantitative estimate of drug-likeness (QED) is 0.824. The average molecular weight is 230 g/mol. The van der Waals surface area contributed by atoms with E-state index in [1.54, 1.807) is 6.20 Å². The van der Waals surface area contributed by atoms with E-state index in [-0.39, 0.29) is 17.4 Å². The van der Waals surface area contributed by atoms with Crippen molar-refractivity contribution in [1.82, 2.24) is 9.97 Å². The number of hydrogen-bond donors (Lipinski definition) is 1. The first kappa shape index (κ1) is 11.5. The Morgan fingerprint density at radius 1 is 1.53 bits per heavy atom. The lowest BCUT2D eigenvalue weighted by atomic mass is 9.85. The van der Waals surface area contributed by atoms with Crippen LogP contribution in [0.5, 0.6) is 0 Å². The van der Waals surface area contributed by atoms with Crippen molar-refractivity contribution in [3.05, 3.63) is 17.6 Å². The van der Waals surface area contributed by atoms with E-state index < -0.39 is 0 Å². The van der Waals surface area contributed by atoms with Crippen LogP contribution in [0.3, 0.4) is 0 Å². The fourth-order valence-electron chi connectivity index (χ4n) is 2.14. The molecule has 1 aromatic rings. The second-order valence-electron chi connectivity index (χ2n) is 4.32. The van der Waals surface area contributed by atoms with Crippen molar-refractivity contribution in [2.75, 3.05) is 5.73 Å². The lowest BCUT2D eigenvalue weighted by molar-refractivity contribution is -0.124. The van der Waals surface area contributed by atoms with Crippen LogP contribution >= 0.6 is 0 Å². The van der Waals surface area contributed by atoms with Crippen LogP contribution in [-0.2, 0) is 11.2 Å². The van der Waals surface area contributed by atoms with Gasteiger partial charge in [-0.05, 0) is 12.8 Å². The summed E-state index contributed by atoms with van der Waals surface area (Å²) in [6, 6.07) is 1.90. The number of hydrogen-bond acceptors (Lipinski definition) is 5. The number of nitrogen functional groups attached to an aromatic ring is 1. The fraction of sp³-hybridized carbons (Fsp3) is 0.500. The van der Waals surface area contributed by atoms with Gasteiger partial charge in [-0.1, -0.05) is 6.42 Å². The van der Waals surface area contributed by atoms with Crippen molar-refractivity contribution in [3.8, 4) is 6.07 Å². The largest absolute Gasteiger partial charge is 0.381 e. The van der Waals surface area contributed by atoms with E-state index >= 15 is 0 Å². The van der Waals surface area contributed by atoms with Gasteiger partial charge in [-0.25, -0.2) is 9.97 Å². The summed E-state index contributed by atoms with van der Waals surface area (Å²) in [6.45, 7) is 0. The Kier molecular flexibility index (Phi) is 3.33. The Hall–Kier alpha value is -1.96. The smallest absolute Gasteiger partial charge is 0.183 e. The van der Waals surface area contributed by atoms with Crippen LogP contribution < -0.4 is 5.73 Å². The number of anilines is 1. The van der Waals surface area contributed by atoms with Gasteiger partial charge in [0.15, 0.2) is 11.5 Å². The van der Waals surface area contributed by atoms with Gasteiger partial charge in [0.25, 0.3) is 0 Å². The van der Waals surface area contributed by atoms with Crippen molar-refractivity contribution in [3.63, 3.8) is 0 Å². The van der Waals surface area contributed by atoms with E-state index in [2.05, 4.69) is 9.97 Å². The van der Waals surface area contributed by atoms with E-state index in [1.165, 1.54) is 0 Å². The maximum atomic E-state index is 11.7. The standard InChI is InChI=1S/C12H14N4O/c13-6-10-12(14)15-7-9(16-10)5-8-3-1-2-4-11(8)17/h7-8H,1-5H2,(H2,14,15). The zero-order valence-electron chi connectivity index (χ0n) is 9.52. The Morgan fingerprint density at radius 3 is 3.06 bits per heavy atom. The molecule has 2 N–H and O–H groups in total. The molecule has 2 rings (SSSR count). The molecule has 1 heterocycles. The van der Waals surface area contributed by atoms with E-state index in [9.17, 15) is 4.79 Å². The van der Waals surface area contributed by atoms with Gasteiger partial charge in [0, 0.05) is 18.8 Å². The minimum atomic E-state index is 0.0354. The number of nitriles is 1. The molecule has 0 aromatic carbocycles. The first-order valence-corrected chi connectivity index (χ1v) is 5.75. The average Bonchev–Trinajstić information content (AvgIpc) is 2.34. The van der Waals surface area contributed by atoms with Gasteiger partial charge in [-0.2, -0.15) is 5.26 Å². The predicted molar refractivity (Wildman–Crippen MR) is 61.8 cm³/mol. The topological polar surface area (TPSA) is 92.7 Å². The van der Waals surface area contributed by atoms with Crippen LogP contribution in [0.4, 0.5) is 5.82 Å². The minimum Gasteiger partial charge on any atom is -0.381 e. The summed E-state index contributed by atoms with van der Waals surface area (Å²) in [5.41, 5.74) is 6.32. The van der Waals surface area contributed by atoms with E-state index in [0.717, 1.165) is 19.3 Å². The maximum absolute atomic E-state index is 11.7. The second-order valence-corrected chi connectivity index (χ2v) is 4.32. The molecule has 0 spiro atoms. The molecule has 0 aliphatic heterocycles. The first-order chi connectivity index (χ1) is 8.20. The molecule has 0 saturated heterocycles. The van der Waals surface area contributed by atoms with Gasteiger partial charge in [0.1, 0.15) is 11.9 Å². The van der Waals surface area contributed by atoms with Gasteiger partial charge >= 0.3 is 0 Å². The Morgan fingerprint density at radius 2 is 2.35 bits per heavy atom. The van der Waals surface area contributed by atoms with Crippen molar-refractivity contribution in [2.45, 2.75) is 32.1 Å². The molecule has 0 amide bonds. The van der Waals surface area contributed by atoms with Gasteiger partial charge in [0.2, 0.25) is 0 Å².